The van der Waals surface area contributed by atoms with E-state index in [1.807, 2.05) is 31.3 Å². The molecule has 0 saturated heterocycles. The Morgan fingerprint density at radius 2 is 2.08 bits per heavy atom. The third-order valence-electron chi connectivity index (χ3n) is 3.53. The van der Waals surface area contributed by atoms with Crippen LogP contribution in [0, 0.1) is 0 Å². The predicted octanol–water partition coefficient (Wildman–Crippen LogP) is 3.71. The van der Waals surface area contributed by atoms with Crippen LogP contribution in [0.25, 0.3) is 10.9 Å². The van der Waals surface area contributed by atoms with Gasteiger partial charge in [0.1, 0.15) is 5.75 Å². The molecule has 6 nitrogen and oxygen atoms in total. The minimum absolute atomic E-state index is 0.242. The van der Waals surface area contributed by atoms with Gasteiger partial charge >= 0.3 is 5.97 Å². The average molecular weight is 323 g/mol. The fraction of sp³-hybridized carbons (Fsp3) is 0.111. The van der Waals surface area contributed by atoms with Gasteiger partial charge in [-0.05, 0) is 43.3 Å². The number of nitrogens with one attached hydrogen (secondary N) is 2. The van der Waals surface area contributed by atoms with Crippen molar-refractivity contribution in [1.82, 2.24) is 4.98 Å². The number of carboxylic acids is 1. The number of carbonyl (C=O) groups is 1. The van der Waals surface area contributed by atoms with Crippen molar-refractivity contribution >= 4 is 28.8 Å². The summed E-state index contributed by atoms with van der Waals surface area (Å²) >= 11 is 0. The van der Waals surface area contributed by atoms with Gasteiger partial charge < -0.3 is 14.8 Å². The quantitative estimate of drug-likeness (QED) is 0.477. The van der Waals surface area contributed by atoms with Gasteiger partial charge in [0.25, 0.3) is 0 Å². The second-order valence-electron chi connectivity index (χ2n) is 5.14. The summed E-state index contributed by atoms with van der Waals surface area (Å²) in [7, 11) is 0. The zero-order chi connectivity index (χ0) is 16.9. The van der Waals surface area contributed by atoms with E-state index in [-0.39, 0.29) is 5.56 Å². The number of fused-ring (bicyclic) bond motifs is 1. The van der Waals surface area contributed by atoms with Crippen molar-refractivity contribution in [2.24, 2.45) is 5.10 Å². The lowest BCUT2D eigenvalue weighted by atomic mass is 10.2. The zero-order valence-electron chi connectivity index (χ0n) is 13.1. The molecule has 0 unspecified atom stereocenters. The number of aromatic amines is 1. The highest BCUT2D eigenvalue weighted by atomic mass is 16.5. The monoisotopic (exact) mass is 323 g/mol. The molecule has 0 amide bonds. The van der Waals surface area contributed by atoms with E-state index in [1.165, 1.54) is 12.1 Å². The van der Waals surface area contributed by atoms with E-state index in [9.17, 15) is 4.79 Å². The van der Waals surface area contributed by atoms with E-state index in [2.05, 4.69) is 15.5 Å². The third-order valence-corrected chi connectivity index (χ3v) is 3.53. The molecule has 0 fully saturated rings. The molecule has 0 aliphatic rings. The number of aromatic nitrogens is 1. The molecule has 24 heavy (non-hydrogen) atoms. The summed E-state index contributed by atoms with van der Waals surface area (Å²) in [6, 6.07) is 12.3. The number of ether oxygens (including phenoxy) is 1. The molecule has 0 atom stereocenters. The van der Waals surface area contributed by atoms with E-state index in [0.29, 0.717) is 6.61 Å². The smallest absolute Gasteiger partial charge is 0.335 e. The van der Waals surface area contributed by atoms with Gasteiger partial charge in [0.2, 0.25) is 0 Å². The van der Waals surface area contributed by atoms with Crippen LogP contribution >= 0.6 is 0 Å². The number of rotatable bonds is 6. The molecule has 0 radical (unpaired) electrons. The van der Waals surface area contributed by atoms with Crippen molar-refractivity contribution < 1.29 is 14.6 Å². The van der Waals surface area contributed by atoms with Crippen molar-refractivity contribution in [3.8, 4) is 5.75 Å². The Kier molecular flexibility index (Phi) is 4.47. The lowest BCUT2D eigenvalue weighted by Crippen LogP contribution is -1.96. The number of H-pyrrole nitrogens is 1. The Labute approximate surface area is 138 Å². The number of benzene rings is 2. The summed E-state index contributed by atoms with van der Waals surface area (Å²) < 4.78 is 5.48. The maximum absolute atomic E-state index is 10.8. The Morgan fingerprint density at radius 3 is 2.79 bits per heavy atom. The molecular weight excluding hydrogens is 306 g/mol. The first-order valence-electron chi connectivity index (χ1n) is 7.53. The third kappa shape index (κ3) is 3.38. The predicted molar refractivity (Wildman–Crippen MR) is 94.1 cm³/mol. The van der Waals surface area contributed by atoms with Crippen LogP contribution in [-0.2, 0) is 0 Å². The summed E-state index contributed by atoms with van der Waals surface area (Å²) in [6.45, 7) is 2.58. The van der Waals surface area contributed by atoms with Gasteiger partial charge in [0, 0.05) is 28.7 Å². The van der Waals surface area contributed by atoms with Gasteiger partial charge in [-0.15, -0.1) is 0 Å². The molecule has 0 aliphatic carbocycles. The maximum atomic E-state index is 10.8. The van der Waals surface area contributed by atoms with E-state index in [4.69, 9.17) is 9.84 Å². The van der Waals surface area contributed by atoms with Crippen LogP contribution in [0.15, 0.2) is 53.8 Å². The van der Waals surface area contributed by atoms with Crippen LogP contribution in [0.2, 0.25) is 0 Å². The minimum atomic E-state index is -0.949. The average Bonchev–Trinajstić information content (AvgIpc) is 2.98. The maximum Gasteiger partial charge on any atom is 0.335 e. The van der Waals surface area contributed by atoms with Crippen molar-refractivity contribution in [2.45, 2.75) is 6.92 Å². The molecule has 3 aromatic rings. The fourth-order valence-corrected chi connectivity index (χ4v) is 2.35. The molecule has 1 heterocycles. The summed E-state index contributed by atoms with van der Waals surface area (Å²) in [6.07, 6.45) is 3.59. The first kappa shape index (κ1) is 15.6. The van der Waals surface area contributed by atoms with Crippen LogP contribution in [0.4, 0.5) is 5.69 Å². The number of anilines is 1. The number of hydrogen-bond donors (Lipinski definition) is 3. The van der Waals surface area contributed by atoms with Crippen LogP contribution < -0.4 is 10.2 Å². The number of hydrazone groups is 1. The molecule has 122 valence electrons. The Bertz CT molecular complexity index is 882. The molecule has 1 aromatic heterocycles. The lowest BCUT2D eigenvalue weighted by molar-refractivity contribution is 0.0697. The number of aromatic carboxylic acids is 1. The summed E-state index contributed by atoms with van der Waals surface area (Å²) in [5, 5.41) is 14.1. The second-order valence-corrected chi connectivity index (χ2v) is 5.14. The summed E-state index contributed by atoms with van der Waals surface area (Å²) in [5.41, 5.74) is 5.77. The first-order chi connectivity index (χ1) is 11.7. The van der Waals surface area contributed by atoms with Gasteiger partial charge in [-0.3, -0.25) is 5.43 Å². The van der Waals surface area contributed by atoms with Crippen molar-refractivity contribution in [2.75, 3.05) is 12.0 Å². The molecule has 3 N–H and O–H groups in total. The number of carboxylic acid groups (broad SMARTS) is 1. The van der Waals surface area contributed by atoms with Gasteiger partial charge in [0.15, 0.2) is 0 Å². The van der Waals surface area contributed by atoms with Crippen LogP contribution in [0.1, 0.15) is 22.8 Å². The molecule has 2 aromatic carbocycles. The molecular formula is C18H17N3O3. The summed E-state index contributed by atoms with van der Waals surface area (Å²) in [5.74, 6) is -0.123. The fourth-order valence-electron chi connectivity index (χ4n) is 2.35. The first-order valence-corrected chi connectivity index (χ1v) is 7.53. The lowest BCUT2D eigenvalue weighted by Gasteiger charge is -2.02. The van der Waals surface area contributed by atoms with E-state index >= 15 is 0 Å². The van der Waals surface area contributed by atoms with E-state index in [0.717, 1.165) is 27.9 Å². The molecule has 0 bridgehead atoms. The van der Waals surface area contributed by atoms with Gasteiger partial charge in [0.05, 0.1) is 24.1 Å². The highest BCUT2D eigenvalue weighted by Gasteiger charge is 2.04. The normalized spacial score (nSPS) is 11.0. The van der Waals surface area contributed by atoms with Crippen LogP contribution in [0.3, 0.4) is 0 Å². The highest BCUT2D eigenvalue weighted by Crippen LogP contribution is 2.22. The molecule has 0 saturated carbocycles. The topological polar surface area (TPSA) is 86.7 Å². The van der Waals surface area contributed by atoms with Crippen LogP contribution in [-0.4, -0.2) is 28.9 Å². The van der Waals surface area contributed by atoms with E-state index < -0.39 is 5.97 Å². The minimum Gasteiger partial charge on any atom is -0.494 e. The van der Waals surface area contributed by atoms with Crippen LogP contribution in [0.5, 0.6) is 5.75 Å². The Hall–Kier alpha value is -3.28. The largest absolute Gasteiger partial charge is 0.494 e. The SMILES string of the molecule is CCOc1ccc2c(/C=N/Nc3ccc(C(=O)O)cc3)c[nH]c2c1. The molecule has 0 spiro atoms. The van der Waals surface area contributed by atoms with Crippen molar-refractivity contribution in [3.63, 3.8) is 0 Å². The number of hydrogen-bond acceptors (Lipinski definition) is 4. The van der Waals surface area contributed by atoms with E-state index in [1.54, 1.807) is 18.3 Å². The van der Waals surface area contributed by atoms with Gasteiger partial charge in [-0.2, -0.15) is 5.10 Å². The molecule has 0 aliphatic heterocycles. The van der Waals surface area contributed by atoms with Gasteiger partial charge in [-0.1, -0.05) is 0 Å². The Balaban J connectivity index is 1.72. The zero-order valence-corrected chi connectivity index (χ0v) is 13.1. The molecule has 3 rings (SSSR count). The number of nitrogens with zero attached hydrogens (tertiary/aromatic N) is 1. The second kappa shape index (κ2) is 6.87. The standard InChI is InChI=1S/C18H17N3O3/c1-2-24-15-7-8-16-13(10-19-17(16)9-15)11-20-21-14-5-3-12(4-6-14)18(22)23/h3-11,19,21H,2H2,1H3,(H,22,23)/b20-11+. The summed E-state index contributed by atoms with van der Waals surface area (Å²) in [4.78, 5) is 14.0. The highest BCUT2D eigenvalue weighted by molar-refractivity contribution is 5.99. The Morgan fingerprint density at radius 1 is 1.29 bits per heavy atom. The van der Waals surface area contributed by atoms with Gasteiger partial charge in [-0.25, -0.2) is 4.79 Å². The van der Waals surface area contributed by atoms with Crippen molar-refractivity contribution in [3.05, 3.63) is 59.8 Å². The molecule has 6 heteroatoms. The van der Waals surface area contributed by atoms with Crippen molar-refractivity contribution in [1.29, 1.82) is 0 Å².